The van der Waals surface area contributed by atoms with Crippen molar-refractivity contribution < 1.29 is 9.13 Å². The summed E-state index contributed by atoms with van der Waals surface area (Å²) in [6.07, 6.45) is 1.11. The van der Waals surface area contributed by atoms with Gasteiger partial charge >= 0.3 is 0 Å². The molecule has 0 aromatic heterocycles. The highest BCUT2D eigenvalue weighted by Crippen LogP contribution is 2.16. The summed E-state index contributed by atoms with van der Waals surface area (Å²) in [5.41, 5.74) is 0.620. The second-order valence-electron chi connectivity index (χ2n) is 5.03. The highest BCUT2D eigenvalue weighted by molar-refractivity contribution is 5.28. The standard InChI is InChI=1S/C15H24FNO/c1-5-8-17-15(11(2)3)10-18-13-6-7-14(16)12(4)9-13/h6-7,9,11,15,17H,5,8,10H2,1-4H3. The van der Waals surface area contributed by atoms with Crippen LogP contribution in [0.2, 0.25) is 0 Å². The number of nitrogens with one attached hydrogen (secondary N) is 1. The van der Waals surface area contributed by atoms with Gasteiger partial charge in [0.2, 0.25) is 0 Å². The van der Waals surface area contributed by atoms with Crippen LogP contribution in [0.25, 0.3) is 0 Å². The first-order valence-electron chi connectivity index (χ1n) is 6.67. The van der Waals surface area contributed by atoms with E-state index < -0.39 is 0 Å². The molecule has 0 spiro atoms. The highest BCUT2D eigenvalue weighted by Gasteiger charge is 2.13. The van der Waals surface area contributed by atoms with Crippen LogP contribution in [0.5, 0.6) is 5.75 Å². The molecule has 1 atom stereocenters. The molecule has 0 aliphatic heterocycles. The molecule has 1 N–H and O–H groups in total. The van der Waals surface area contributed by atoms with E-state index >= 15 is 0 Å². The molecule has 0 heterocycles. The van der Waals surface area contributed by atoms with Crippen molar-refractivity contribution in [3.63, 3.8) is 0 Å². The Morgan fingerprint density at radius 2 is 2.06 bits per heavy atom. The van der Waals surface area contributed by atoms with Gasteiger partial charge in [-0.1, -0.05) is 20.8 Å². The van der Waals surface area contributed by atoms with Gasteiger partial charge in [-0.3, -0.25) is 0 Å². The van der Waals surface area contributed by atoms with Gasteiger partial charge in [-0.25, -0.2) is 4.39 Å². The van der Waals surface area contributed by atoms with Crippen molar-refractivity contribution >= 4 is 0 Å². The fraction of sp³-hybridized carbons (Fsp3) is 0.600. The molecule has 1 aromatic rings. The van der Waals surface area contributed by atoms with Crippen molar-refractivity contribution in [3.8, 4) is 5.75 Å². The van der Waals surface area contributed by atoms with E-state index in [4.69, 9.17) is 4.74 Å². The summed E-state index contributed by atoms with van der Waals surface area (Å²) in [6, 6.07) is 5.20. The Kier molecular flexibility index (Phi) is 6.13. The smallest absolute Gasteiger partial charge is 0.126 e. The topological polar surface area (TPSA) is 21.3 Å². The lowest BCUT2D eigenvalue weighted by Crippen LogP contribution is -2.39. The first-order chi connectivity index (χ1) is 8.54. The zero-order valence-corrected chi connectivity index (χ0v) is 11.8. The van der Waals surface area contributed by atoms with E-state index in [0.29, 0.717) is 24.1 Å². The number of aryl methyl sites for hydroxylation is 1. The van der Waals surface area contributed by atoms with Crippen LogP contribution in [-0.2, 0) is 0 Å². The van der Waals surface area contributed by atoms with Crippen LogP contribution in [0.1, 0.15) is 32.8 Å². The van der Waals surface area contributed by atoms with Crippen molar-refractivity contribution in [1.29, 1.82) is 0 Å². The van der Waals surface area contributed by atoms with E-state index in [1.807, 2.05) is 0 Å². The number of halogens is 1. The number of benzene rings is 1. The van der Waals surface area contributed by atoms with Crippen molar-refractivity contribution in [3.05, 3.63) is 29.6 Å². The van der Waals surface area contributed by atoms with Crippen LogP contribution in [0, 0.1) is 18.7 Å². The molecule has 0 radical (unpaired) electrons. The molecular formula is C15H24FNO. The normalized spacial score (nSPS) is 12.8. The second-order valence-corrected chi connectivity index (χ2v) is 5.03. The van der Waals surface area contributed by atoms with Gasteiger partial charge in [-0.2, -0.15) is 0 Å². The average Bonchev–Trinajstić information content (AvgIpc) is 2.33. The molecule has 1 rings (SSSR count). The minimum Gasteiger partial charge on any atom is -0.492 e. The van der Waals surface area contributed by atoms with Crippen LogP contribution in [0.4, 0.5) is 4.39 Å². The maximum atomic E-state index is 13.1. The third kappa shape index (κ3) is 4.65. The summed E-state index contributed by atoms with van der Waals surface area (Å²) in [6.45, 7) is 9.85. The Labute approximate surface area is 110 Å². The summed E-state index contributed by atoms with van der Waals surface area (Å²) in [7, 11) is 0. The summed E-state index contributed by atoms with van der Waals surface area (Å²) in [5.74, 6) is 1.06. The Balaban J connectivity index is 2.52. The molecule has 1 unspecified atom stereocenters. The molecule has 0 aliphatic rings. The van der Waals surface area contributed by atoms with E-state index in [2.05, 4.69) is 26.1 Å². The van der Waals surface area contributed by atoms with E-state index in [0.717, 1.165) is 18.7 Å². The molecule has 0 amide bonds. The lowest BCUT2D eigenvalue weighted by Gasteiger charge is -2.22. The van der Waals surface area contributed by atoms with Gasteiger partial charge in [0.05, 0.1) is 0 Å². The summed E-state index contributed by atoms with van der Waals surface area (Å²) < 4.78 is 18.9. The summed E-state index contributed by atoms with van der Waals surface area (Å²) >= 11 is 0. The van der Waals surface area contributed by atoms with Crippen molar-refractivity contribution in [2.75, 3.05) is 13.2 Å². The van der Waals surface area contributed by atoms with Crippen molar-refractivity contribution in [1.82, 2.24) is 5.32 Å². The number of rotatable bonds is 7. The molecule has 0 saturated carbocycles. The first-order valence-corrected chi connectivity index (χ1v) is 6.67. The third-order valence-electron chi connectivity index (χ3n) is 3.02. The summed E-state index contributed by atoms with van der Waals surface area (Å²) in [4.78, 5) is 0. The maximum Gasteiger partial charge on any atom is 0.126 e. The van der Waals surface area contributed by atoms with Gasteiger partial charge in [-0.15, -0.1) is 0 Å². The van der Waals surface area contributed by atoms with Crippen LogP contribution in [-0.4, -0.2) is 19.2 Å². The fourth-order valence-electron chi connectivity index (χ4n) is 1.71. The van der Waals surface area contributed by atoms with E-state index in [1.54, 1.807) is 19.1 Å². The Hall–Kier alpha value is -1.09. The molecular weight excluding hydrogens is 229 g/mol. The number of ether oxygens (including phenoxy) is 1. The number of hydrogen-bond acceptors (Lipinski definition) is 2. The van der Waals surface area contributed by atoms with Gasteiger partial charge < -0.3 is 10.1 Å². The van der Waals surface area contributed by atoms with Crippen LogP contribution in [0.15, 0.2) is 18.2 Å². The third-order valence-corrected chi connectivity index (χ3v) is 3.02. The Morgan fingerprint density at radius 3 is 2.61 bits per heavy atom. The van der Waals surface area contributed by atoms with Gasteiger partial charge in [0.15, 0.2) is 0 Å². The molecule has 1 aromatic carbocycles. The Bertz CT molecular complexity index is 366. The highest BCUT2D eigenvalue weighted by atomic mass is 19.1. The average molecular weight is 253 g/mol. The van der Waals surface area contributed by atoms with Gasteiger partial charge in [0, 0.05) is 6.04 Å². The van der Waals surface area contributed by atoms with E-state index in [1.165, 1.54) is 6.07 Å². The van der Waals surface area contributed by atoms with Crippen molar-refractivity contribution in [2.24, 2.45) is 5.92 Å². The quantitative estimate of drug-likeness (QED) is 0.802. The molecule has 0 fully saturated rings. The lowest BCUT2D eigenvalue weighted by molar-refractivity contribution is 0.230. The lowest BCUT2D eigenvalue weighted by atomic mass is 10.1. The largest absolute Gasteiger partial charge is 0.492 e. The van der Waals surface area contributed by atoms with Crippen LogP contribution in [0.3, 0.4) is 0 Å². The Morgan fingerprint density at radius 1 is 1.33 bits per heavy atom. The predicted octanol–water partition coefficient (Wildman–Crippen LogP) is 3.54. The maximum absolute atomic E-state index is 13.1. The monoisotopic (exact) mass is 253 g/mol. The number of hydrogen-bond donors (Lipinski definition) is 1. The van der Waals surface area contributed by atoms with E-state index in [-0.39, 0.29) is 5.82 Å². The van der Waals surface area contributed by atoms with Gasteiger partial charge in [0.25, 0.3) is 0 Å². The molecule has 102 valence electrons. The second kappa shape index (κ2) is 7.37. The SMILES string of the molecule is CCCNC(COc1ccc(F)c(C)c1)C(C)C. The molecule has 0 bridgehead atoms. The molecule has 18 heavy (non-hydrogen) atoms. The van der Waals surface area contributed by atoms with Crippen molar-refractivity contribution in [2.45, 2.75) is 40.2 Å². The minimum atomic E-state index is -0.188. The molecule has 3 heteroatoms. The predicted molar refractivity (Wildman–Crippen MR) is 73.6 cm³/mol. The molecule has 0 saturated heterocycles. The fourth-order valence-corrected chi connectivity index (χ4v) is 1.71. The summed E-state index contributed by atoms with van der Waals surface area (Å²) in [5, 5.41) is 3.47. The first kappa shape index (κ1) is 15.0. The minimum absolute atomic E-state index is 0.188. The zero-order chi connectivity index (χ0) is 13.5. The van der Waals surface area contributed by atoms with Gasteiger partial charge in [0.1, 0.15) is 18.2 Å². The van der Waals surface area contributed by atoms with Crippen LogP contribution < -0.4 is 10.1 Å². The molecule has 0 aliphatic carbocycles. The van der Waals surface area contributed by atoms with Crippen LogP contribution >= 0.6 is 0 Å². The van der Waals surface area contributed by atoms with E-state index in [9.17, 15) is 4.39 Å². The van der Waals surface area contributed by atoms with Gasteiger partial charge in [-0.05, 0) is 49.6 Å². The molecule has 2 nitrogen and oxygen atoms in total. The zero-order valence-electron chi connectivity index (χ0n) is 11.8.